The fourth-order valence-corrected chi connectivity index (χ4v) is 3.46. The average molecular weight is 295 g/mol. The van der Waals surface area contributed by atoms with Gasteiger partial charge in [0.2, 0.25) is 0 Å². The van der Waals surface area contributed by atoms with Crippen molar-refractivity contribution in [2.24, 2.45) is 5.92 Å². The third-order valence-corrected chi connectivity index (χ3v) is 4.45. The second-order valence-corrected chi connectivity index (χ2v) is 6.23. The minimum Gasteiger partial charge on any atom is -0.309 e. The largest absolute Gasteiger partial charge is 0.309 e. The van der Waals surface area contributed by atoms with Crippen molar-refractivity contribution in [2.45, 2.75) is 26.8 Å². The first-order chi connectivity index (χ1) is 9.52. The first-order valence-electron chi connectivity index (χ1n) is 6.81. The summed E-state index contributed by atoms with van der Waals surface area (Å²) in [6.07, 6.45) is 0. The summed E-state index contributed by atoms with van der Waals surface area (Å²) in [4.78, 5) is 2.18. The Morgan fingerprint density at radius 2 is 1.85 bits per heavy atom. The van der Waals surface area contributed by atoms with Crippen molar-refractivity contribution in [2.75, 3.05) is 6.54 Å². The highest BCUT2D eigenvalue weighted by Crippen LogP contribution is 2.34. The van der Waals surface area contributed by atoms with Crippen LogP contribution in [0.5, 0.6) is 0 Å². The van der Waals surface area contributed by atoms with Crippen LogP contribution >= 0.6 is 11.3 Å². The fourth-order valence-electron chi connectivity index (χ4n) is 2.21. The standard InChI is InChI=1S/C16H19F2NS/c1-4-19-16(10(2)3)15-8-7-14(20-15)11-5-6-12(17)13(18)9-11/h5-10,16,19H,4H2,1-3H3. The molecule has 0 radical (unpaired) electrons. The first-order valence-corrected chi connectivity index (χ1v) is 7.63. The SMILES string of the molecule is CCNC(c1ccc(-c2ccc(F)c(F)c2)s1)C(C)C. The summed E-state index contributed by atoms with van der Waals surface area (Å²) in [5, 5.41) is 3.46. The van der Waals surface area contributed by atoms with Gasteiger partial charge in [-0.25, -0.2) is 8.78 Å². The van der Waals surface area contributed by atoms with Crippen molar-refractivity contribution >= 4 is 11.3 Å². The molecule has 0 aliphatic heterocycles. The smallest absolute Gasteiger partial charge is 0.159 e. The first kappa shape index (κ1) is 15.1. The molecule has 1 nitrogen and oxygen atoms in total. The highest BCUT2D eigenvalue weighted by molar-refractivity contribution is 7.15. The van der Waals surface area contributed by atoms with Gasteiger partial charge in [-0.15, -0.1) is 11.3 Å². The third-order valence-electron chi connectivity index (χ3n) is 3.23. The minimum absolute atomic E-state index is 0.295. The monoisotopic (exact) mass is 295 g/mol. The van der Waals surface area contributed by atoms with Gasteiger partial charge in [0.05, 0.1) is 0 Å². The predicted octanol–water partition coefficient (Wildman–Crippen LogP) is 5.00. The number of thiophene rings is 1. The normalized spacial score (nSPS) is 12.9. The van der Waals surface area contributed by atoms with Gasteiger partial charge in [-0.2, -0.15) is 0 Å². The van der Waals surface area contributed by atoms with E-state index in [1.165, 1.54) is 17.0 Å². The summed E-state index contributed by atoms with van der Waals surface area (Å²) in [6.45, 7) is 7.33. The molecule has 108 valence electrons. The highest BCUT2D eigenvalue weighted by atomic mass is 32.1. The van der Waals surface area contributed by atoms with E-state index >= 15 is 0 Å². The van der Waals surface area contributed by atoms with E-state index in [-0.39, 0.29) is 0 Å². The Balaban J connectivity index is 2.29. The number of hydrogen-bond donors (Lipinski definition) is 1. The van der Waals surface area contributed by atoms with E-state index in [1.807, 2.05) is 6.07 Å². The zero-order chi connectivity index (χ0) is 14.7. The zero-order valence-electron chi connectivity index (χ0n) is 11.9. The van der Waals surface area contributed by atoms with Crippen LogP contribution in [-0.2, 0) is 0 Å². The molecule has 1 aromatic carbocycles. The van der Waals surface area contributed by atoms with Crippen LogP contribution in [0.4, 0.5) is 8.78 Å². The second-order valence-electron chi connectivity index (χ2n) is 5.11. The zero-order valence-corrected chi connectivity index (χ0v) is 12.7. The Morgan fingerprint density at radius 3 is 2.45 bits per heavy atom. The van der Waals surface area contributed by atoms with Gasteiger partial charge in [-0.3, -0.25) is 0 Å². The van der Waals surface area contributed by atoms with E-state index in [0.717, 1.165) is 17.0 Å². The molecule has 0 saturated heterocycles. The molecule has 0 saturated carbocycles. The van der Waals surface area contributed by atoms with Gasteiger partial charge in [0.15, 0.2) is 11.6 Å². The van der Waals surface area contributed by atoms with E-state index in [0.29, 0.717) is 12.0 Å². The van der Waals surface area contributed by atoms with Crippen molar-refractivity contribution in [3.63, 3.8) is 0 Å². The maximum absolute atomic E-state index is 13.3. The Labute approximate surface area is 122 Å². The molecule has 4 heteroatoms. The summed E-state index contributed by atoms with van der Waals surface area (Å²) in [6, 6.07) is 8.38. The van der Waals surface area contributed by atoms with E-state index in [2.05, 4.69) is 32.2 Å². The molecule has 0 aliphatic carbocycles. The van der Waals surface area contributed by atoms with Crippen LogP contribution in [0.1, 0.15) is 31.7 Å². The molecular weight excluding hydrogens is 276 g/mol. The van der Waals surface area contributed by atoms with Gasteiger partial charge in [-0.05, 0) is 42.3 Å². The average Bonchev–Trinajstić information content (AvgIpc) is 2.88. The third kappa shape index (κ3) is 3.25. The van der Waals surface area contributed by atoms with Crippen LogP contribution in [0.3, 0.4) is 0 Å². The molecule has 0 spiro atoms. The lowest BCUT2D eigenvalue weighted by Crippen LogP contribution is -2.24. The topological polar surface area (TPSA) is 12.0 Å². The molecule has 20 heavy (non-hydrogen) atoms. The molecule has 0 bridgehead atoms. The Kier molecular flexibility index (Phi) is 4.89. The number of rotatable bonds is 5. The van der Waals surface area contributed by atoms with E-state index in [1.54, 1.807) is 17.4 Å². The predicted molar refractivity (Wildman–Crippen MR) is 80.9 cm³/mol. The molecule has 0 fully saturated rings. The van der Waals surface area contributed by atoms with Crippen molar-refractivity contribution in [1.29, 1.82) is 0 Å². The summed E-state index contributed by atoms with van der Waals surface area (Å²) >= 11 is 1.63. The summed E-state index contributed by atoms with van der Waals surface area (Å²) in [7, 11) is 0. The molecule has 2 rings (SSSR count). The molecule has 1 N–H and O–H groups in total. The van der Waals surface area contributed by atoms with Crippen LogP contribution in [0, 0.1) is 17.6 Å². The molecule has 1 aromatic heterocycles. The van der Waals surface area contributed by atoms with Gasteiger partial charge in [-0.1, -0.05) is 26.8 Å². The number of halogens is 2. The van der Waals surface area contributed by atoms with Gasteiger partial charge in [0, 0.05) is 15.8 Å². The van der Waals surface area contributed by atoms with E-state index in [9.17, 15) is 8.78 Å². The minimum atomic E-state index is -0.807. The summed E-state index contributed by atoms with van der Waals surface area (Å²) in [5.41, 5.74) is 0.721. The Morgan fingerprint density at radius 1 is 1.10 bits per heavy atom. The van der Waals surface area contributed by atoms with Crippen molar-refractivity contribution in [1.82, 2.24) is 5.32 Å². The second kappa shape index (κ2) is 6.46. The molecule has 0 aliphatic rings. The fraction of sp³-hybridized carbons (Fsp3) is 0.375. The Bertz CT molecular complexity index is 578. The molecule has 0 amide bonds. The number of nitrogens with one attached hydrogen (secondary N) is 1. The molecule has 2 aromatic rings. The van der Waals surface area contributed by atoms with Crippen molar-refractivity contribution in [3.8, 4) is 10.4 Å². The maximum atomic E-state index is 13.3. The van der Waals surface area contributed by atoms with Crippen molar-refractivity contribution < 1.29 is 8.78 Å². The quantitative estimate of drug-likeness (QED) is 0.818. The lowest BCUT2D eigenvalue weighted by atomic mass is 10.0. The van der Waals surface area contributed by atoms with Crippen LogP contribution in [0.2, 0.25) is 0 Å². The van der Waals surface area contributed by atoms with Crippen LogP contribution < -0.4 is 5.32 Å². The van der Waals surface area contributed by atoms with Gasteiger partial charge in [0.1, 0.15) is 0 Å². The summed E-state index contributed by atoms with van der Waals surface area (Å²) in [5.74, 6) is -1.13. The van der Waals surface area contributed by atoms with Gasteiger partial charge < -0.3 is 5.32 Å². The van der Waals surface area contributed by atoms with Crippen LogP contribution in [0.25, 0.3) is 10.4 Å². The van der Waals surface area contributed by atoms with Crippen LogP contribution in [-0.4, -0.2) is 6.54 Å². The lowest BCUT2D eigenvalue weighted by molar-refractivity contribution is 0.428. The molecule has 1 heterocycles. The summed E-state index contributed by atoms with van der Waals surface area (Å²) < 4.78 is 26.3. The maximum Gasteiger partial charge on any atom is 0.159 e. The van der Waals surface area contributed by atoms with Crippen molar-refractivity contribution in [3.05, 3.63) is 46.8 Å². The molecule has 1 unspecified atom stereocenters. The lowest BCUT2D eigenvalue weighted by Gasteiger charge is -2.20. The molecular formula is C16H19F2NS. The van der Waals surface area contributed by atoms with Gasteiger partial charge >= 0.3 is 0 Å². The van der Waals surface area contributed by atoms with Crippen LogP contribution in [0.15, 0.2) is 30.3 Å². The van der Waals surface area contributed by atoms with E-state index < -0.39 is 11.6 Å². The molecule has 1 atom stereocenters. The number of benzene rings is 1. The highest BCUT2D eigenvalue weighted by Gasteiger charge is 2.17. The van der Waals surface area contributed by atoms with E-state index in [4.69, 9.17) is 0 Å². The Hall–Kier alpha value is -1.26. The van der Waals surface area contributed by atoms with Gasteiger partial charge in [0.25, 0.3) is 0 Å². The number of hydrogen-bond acceptors (Lipinski definition) is 2.